The molecule has 0 atom stereocenters. The normalized spacial score (nSPS) is 11.5. The Balaban J connectivity index is -0.000000539. The Morgan fingerprint density at radius 1 is 0.571 bits per heavy atom. The molecule has 14 nitrogen and oxygen atoms in total. The van der Waals surface area contributed by atoms with Crippen molar-refractivity contribution < 1.29 is 71.8 Å². The molecule has 19 heteroatoms. The van der Waals surface area contributed by atoms with Gasteiger partial charge in [0.05, 0.1) is 0 Å². The molecular weight excluding hydrogens is 597 g/mol. The van der Waals surface area contributed by atoms with Gasteiger partial charge in [0.15, 0.2) is 0 Å². The molecule has 0 heterocycles. The van der Waals surface area contributed by atoms with Crippen molar-refractivity contribution in [3.63, 3.8) is 0 Å². The second kappa shape index (κ2) is 16.7. The van der Waals surface area contributed by atoms with Crippen LogP contribution in [0.3, 0.4) is 0 Å². The summed E-state index contributed by atoms with van der Waals surface area (Å²) in [6.45, 7) is 0. The predicted octanol–water partition coefficient (Wildman–Crippen LogP) is 2.45. The van der Waals surface area contributed by atoms with Gasteiger partial charge in [0, 0.05) is 38.2 Å². The van der Waals surface area contributed by atoms with Crippen LogP contribution in [0.1, 0.15) is 0 Å². The Morgan fingerprint density at radius 3 is 1.00 bits per heavy atom. The maximum atomic E-state index is 11.7. The van der Waals surface area contributed by atoms with Gasteiger partial charge in [0.2, 0.25) is 0 Å². The zero-order valence-corrected chi connectivity index (χ0v) is 23.4. The van der Waals surface area contributed by atoms with Gasteiger partial charge in [-0.1, -0.05) is 36.4 Å². The molecule has 0 bridgehead atoms. The smallest absolute Gasteiger partial charge is 0.457 e. The molecule has 0 amide bonds. The third-order valence-electron chi connectivity index (χ3n) is 3.42. The first-order chi connectivity index (χ1) is 14.9. The average Bonchev–Trinajstić information content (AvgIpc) is 2.80. The van der Waals surface area contributed by atoms with Gasteiger partial charge >= 0.3 is 16.8 Å². The largest absolute Gasteiger partial charge is 2.00 e. The van der Waals surface area contributed by atoms with Gasteiger partial charge in [-0.05, 0) is 24.3 Å². The van der Waals surface area contributed by atoms with Gasteiger partial charge in [-0.2, -0.15) is 0 Å². The molecule has 203 valence electrons. The van der Waals surface area contributed by atoms with Gasteiger partial charge in [-0.3, -0.25) is 9.13 Å². The van der Waals surface area contributed by atoms with E-state index in [1.54, 1.807) is 12.1 Å². The van der Waals surface area contributed by atoms with Crippen molar-refractivity contribution in [2.24, 2.45) is 0 Å². The molecule has 2 aromatic rings. The third-order valence-corrected chi connectivity index (χ3v) is 10.3. The summed E-state index contributed by atoms with van der Waals surface area (Å²) in [6.07, 6.45) is 0. The fourth-order valence-corrected chi connectivity index (χ4v) is 7.05. The van der Waals surface area contributed by atoms with Crippen molar-refractivity contribution in [2.75, 3.05) is 28.4 Å². The van der Waals surface area contributed by atoms with E-state index in [9.17, 15) is 26.0 Å². The van der Waals surface area contributed by atoms with Gasteiger partial charge in [0.25, 0.3) is 15.5 Å². The van der Waals surface area contributed by atoms with E-state index < -0.39 is 35.5 Å². The summed E-state index contributed by atoms with van der Waals surface area (Å²) in [7, 11) is -11.7. The topological polar surface area (TPSA) is 234 Å². The predicted molar refractivity (Wildman–Crippen MR) is 127 cm³/mol. The van der Waals surface area contributed by atoms with Crippen molar-refractivity contribution in [1.29, 1.82) is 0 Å². The SMILES string of the molecule is COP(=O)([N-]S(=O)(=O)c1ccccc1)OC.COP(=O)([N-]S(=O)(=O)c1ccccc1)OC.[Co+2].[OH3+].[OH3+]. The van der Waals surface area contributed by atoms with E-state index in [1.807, 2.05) is 0 Å². The minimum absolute atomic E-state index is 0. The molecule has 0 saturated heterocycles. The maximum Gasteiger partial charge on any atom is 2.00 e. The monoisotopic (exact) mass is 625 g/mol. The quantitative estimate of drug-likeness (QED) is 0.276. The first kappa shape index (κ1) is 38.5. The molecule has 35 heavy (non-hydrogen) atoms. The minimum Gasteiger partial charge on any atom is -0.457 e. The Bertz CT molecular complexity index is 1060. The van der Waals surface area contributed by atoms with E-state index in [-0.39, 0.29) is 37.5 Å². The van der Waals surface area contributed by atoms with Crippen molar-refractivity contribution in [1.82, 2.24) is 0 Å². The molecule has 0 unspecified atom stereocenters. The number of sulfonamides is 2. The molecule has 0 aliphatic rings. The van der Waals surface area contributed by atoms with Crippen LogP contribution in [0.15, 0.2) is 70.5 Å². The van der Waals surface area contributed by atoms with Crippen LogP contribution in [0, 0.1) is 0 Å². The van der Waals surface area contributed by atoms with Crippen molar-refractivity contribution >= 4 is 35.5 Å². The fraction of sp³-hybridized carbons (Fsp3) is 0.250. The van der Waals surface area contributed by atoms with Gasteiger partial charge in [-0.15, -0.1) is 0 Å². The average molecular weight is 625 g/mol. The second-order valence-corrected chi connectivity index (χ2v) is 12.9. The van der Waals surface area contributed by atoms with E-state index >= 15 is 0 Å². The Morgan fingerprint density at radius 2 is 0.800 bits per heavy atom. The first-order valence-corrected chi connectivity index (χ1v) is 14.3. The van der Waals surface area contributed by atoms with Crippen molar-refractivity contribution in [2.45, 2.75) is 9.79 Å². The van der Waals surface area contributed by atoms with Crippen molar-refractivity contribution in [3.05, 3.63) is 69.6 Å². The summed E-state index contributed by atoms with van der Waals surface area (Å²) < 4.78 is 93.8. The summed E-state index contributed by atoms with van der Waals surface area (Å²) in [4.78, 5) is -0.131. The Labute approximate surface area is 214 Å². The molecule has 0 aromatic heterocycles. The van der Waals surface area contributed by atoms with Crippen LogP contribution in [0.4, 0.5) is 0 Å². The van der Waals surface area contributed by atoms with E-state index in [0.29, 0.717) is 0 Å². The van der Waals surface area contributed by atoms with Crippen LogP contribution in [-0.4, -0.2) is 45.3 Å². The van der Waals surface area contributed by atoms with Crippen molar-refractivity contribution in [3.8, 4) is 0 Å². The number of nitrogens with zero attached hydrogens (tertiary/aromatic N) is 2. The maximum absolute atomic E-state index is 11.7. The molecule has 1 radical (unpaired) electrons. The zero-order chi connectivity index (χ0) is 24.5. The molecule has 0 aliphatic carbocycles. The Hall–Kier alpha value is -1.01. The van der Waals surface area contributed by atoms with Crippen LogP contribution < -0.4 is 0 Å². The summed E-state index contributed by atoms with van der Waals surface area (Å²) in [6, 6.07) is 14.8. The van der Waals surface area contributed by atoms with Crippen LogP contribution in [0.25, 0.3) is 8.99 Å². The van der Waals surface area contributed by atoms with E-state index in [1.165, 1.54) is 48.5 Å². The molecule has 6 N–H and O–H groups in total. The third kappa shape index (κ3) is 12.2. The molecule has 0 saturated carbocycles. The second-order valence-electron chi connectivity index (χ2n) is 5.41. The molecule has 0 aliphatic heterocycles. The fourth-order valence-electron chi connectivity index (χ4n) is 1.82. The molecule has 0 fully saturated rings. The summed E-state index contributed by atoms with van der Waals surface area (Å²) in [5, 5.41) is 0. The standard InChI is InChI=1S/2C8H11NO5PS.Co.2H2O/c2*1-13-15(10,14-2)9-16(11,12)8-6-4-3-5-7-8;;;/h2*3-7H,1-2H3;;2*1H2/q2*-1;+2;;/p+2. The van der Waals surface area contributed by atoms with E-state index in [2.05, 4.69) is 27.1 Å². The van der Waals surface area contributed by atoms with Gasteiger partial charge in [-0.25, -0.2) is 16.8 Å². The molecule has 2 rings (SSSR count). The summed E-state index contributed by atoms with van der Waals surface area (Å²) in [5.41, 5.74) is 0. The van der Waals surface area contributed by atoms with E-state index in [0.717, 1.165) is 28.4 Å². The number of hydrogen-bond donors (Lipinski definition) is 0. The number of benzene rings is 2. The van der Waals surface area contributed by atoms with E-state index in [4.69, 9.17) is 0 Å². The zero-order valence-electron chi connectivity index (χ0n) is 18.9. The first-order valence-electron chi connectivity index (χ1n) is 8.39. The molecule has 0 spiro atoms. The van der Waals surface area contributed by atoms with Gasteiger partial charge in [0.1, 0.15) is 20.0 Å². The van der Waals surface area contributed by atoms with Crippen LogP contribution in [0.2, 0.25) is 0 Å². The number of rotatable bonds is 10. The van der Waals surface area contributed by atoms with Crippen LogP contribution in [0.5, 0.6) is 0 Å². The number of hydrogen-bond acceptors (Lipinski definition) is 10. The van der Waals surface area contributed by atoms with Crippen LogP contribution >= 0.6 is 15.5 Å². The Kier molecular flexibility index (Phi) is 18.4. The minimum atomic E-state index is -4.03. The van der Waals surface area contributed by atoms with Crippen LogP contribution in [-0.2, 0) is 75.0 Å². The summed E-state index contributed by atoms with van der Waals surface area (Å²) >= 11 is 0. The summed E-state index contributed by atoms with van der Waals surface area (Å²) in [5.74, 6) is 0. The van der Waals surface area contributed by atoms with Gasteiger partial charge < -0.3 is 38.0 Å². The molecule has 2 aromatic carbocycles. The molecular formula is C16H28CoN2O12P2S2+2.